The number of thiophene rings is 1. The van der Waals surface area contributed by atoms with Gasteiger partial charge >= 0.3 is 0 Å². The molecule has 2 N–H and O–H groups in total. The van der Waals surface area contributed by atoms with Crippen molar-refractivity contribution in [1.29, 1.82) is 0 Å². The highest BCUT2D eigenvalue weighted by Crippen LogP contribution is 2.34. The van der Waals surface area contributed by atoms with Gasteiger partial charge in [0.2, 0.25) is 10.0 Å². The summed E-state index contributed by atoms with van der Waals surface area (Å²) in [5, 5.41) is 9.17. The lowest BCUT2D eigenvalue weighted by molar-refractivity contribution is 0.238. The van der Waals surface area contributed by atoms with Crippen LogP contribution in [0, 0.1) is 5.92 Å². The third-order valence-corrected chi connectivity index (χ3v) is 6.19. The molecule has 0 aromatic carbocycles. The quantitative estimate of drug-likeness (QED) is 0.856. The van der Waals surface area contributed by atoms with E-state index in [-0.39, 0.29) is 23.3 Å². The number of hydrogen-bond acceptors (Lipinski definition) is 4. The van der Waals surface area contributed by atoms with Gasteiger partial charge in [0.1, 0.15) is 4.21 Å². The van der Waals surface area contributed by atoms with Crippen molar-refractivity contribution < 1.29 is 13.5 Å². The molecule has 1 atom stereocenters. The zero-order valence-electron chi connectivity index (χ0n) is 8.41. The standard InChI is InChI=1S/C8H11BrClNO3S2/c1-5(4-12)3-11-16(13,14)7-2-6(10)8(9)15-7/h2,5,11-12H,3-4H2,1H3. The summed E-state index contributed by atoms with van der Waals surface area (Å²) < 4.78 is 26.7. The topological polar surface area (TPSA) is 66.4 Å². The van der Waals surface area contributed by atoms with Crippen LogP contribution in [-0.4, -0.2) is 26.7 Å². The van der Waals surface area contributed by atoms with Crippen molar-refractivity contribution in [1.82, 2.24) is 4.72 Å². The maximum Gasteiger partial charge on any atom is 0.250 e. The van der Waals surface area contributed by atoms with Crippen LogP contribution in [0.15, 0.2) is 14.1 Å². The zero-order chi connectivity index (χ0) is 12.3. The number of halogens is 2. The zero-order valence-corrected chi connectivity index (χ0v) is 12.4. The Bertz CT molecular complexity index is 440. The van der Waals surface area contributed by atoms with Crippen LogP contribution in [0.2, 0.25) is 5.02 Å². The Hall–Kier alpha value is 0.340. The minimum Gasteiger partial charge on any atom is -0.396 e. The summed E-state index contributed by atoms with van der Waals surface area (Å²) in [6.45, 7) is 1.89. The van der Waals surface area contributed by atoms with Crippen molar-refractivity contribution in [2.75, 3.05) is 13.2 Å². The van der Waals surface area contributed by atoms with Gasteiger partial charge in [-0.25, -0.2) is 13.1 Å². The van der Waals surface area contributed by atoms with Crippen LogP contribution in [0.5, 0.6) is 0 Å². The molecule has 1 heterocycles. The van der Waals surface area contributed by atoms with Crippen LogP contribution in [0.1, 0.15) is 6.92 Å². The Morgan fingerprint density at radius 1 is 1.69 bits per heavy atom. The summed E-state index contributed by atoms with van der Waals surface area (Å²) >= 11 is 9.97. The van der Waals surface area contributed by atoms with Gasteiger partial charge in [0.05, 0.1) is 8.81 Å². The molecule has 0 aliphatic rings. The average molecular weight is 349 g/mol. The number of nitrogens with one attached hydrogen (secondary N) is 1. The largest absolute Gasteiger partial charge is 0.396 e. The van der Waals surface area contributed by atoms with Gasteiger partial charge in [-0.1, -0.05) is 18.5 Å². The van der Waals surface area contributed by atoms with Gasteiger partial charge in [-0.05, 0) is 27.9 Å². The number of sulfonamides is 1. The van der Waals surface area contributed by atoms with Crippen molar-refractivity contribution in [2.45, 2.75) is 11.1 Å². The van der Waals surface area contributed by atoms with E-state index in [0.29, 0.717) is 8.81 Å². The van der Waals surface area contributed by atoms with Crippen LogP contribution in [0.25, 0.3) is 0 Å². The molecular formula is C8H11BrClNO3S2. The Balaban J connectivity index is 2.78. The lowest BCUT2D eigenvalue weighted by Gasteiger charge is -2.08. The number of hydrogen-bond donors (Lipinski definition) is 2. The van der Waals surface area contributed by atoms with E-state index in [2.05, 4.69) is 20.7 Å². The first-order valence-corrected chi connectivity index (χ1v) is 7.89. The monoisotopic (exact) mass is 347 g/mol. The fourth-order valence-electron chi connectivity index (χ4n) is 0.847. The van der Waals surface area contributed by atoms with Gasteiger partial charge < -0.3 is 5.11 Å². The molecule has 0 bridgehead atoms. The smallest absolute Gasteiger partial charge is 0.250 e. The highest BCUT2D eigenvalue weighted by atomic mass is 79.9. The molecule has 1 aromatic heterocycles. The van der Waals surface area contributed by atoms with Crippen molar-refractivity contribution in [2.24, 2.45) is 5.92 Å². The second kappa shape index (κ2) is 5.79. The first-order valence-electron chi connectivity index (χ1n) is 4.42. The molecule has 0 aliphatic carbocycles. The van der Waals surface area contributed by atoms with Crippen LogP contribution in [-0.2, 0) is 10.0 Å². The highest BCUT2D eigenvalue weighted by Gasteiger charge is 2.19. The first-order chi connectivity index (χ1) is 7.36. The van der Waals surface area contributed by atoms with E-state index < -0.39 is 10.0 Å². The minimum atomic E-state index is -3.52. The van der Waals surface area contributed by atoms with E-state index in [1.54, 1.807) is 6.92 Å². The summed E-state index contributed by atoms with van der Waals surface area (Å²) in [5.41, 5.74) is 0. The molecule has 0 amide bonds. The molecule has 4 nitrogen and oxygen atoms in total. The average Bonchev–Trinajstić information content (AvgIpc) is 2.56. The van der Waals surface area contributed by atoms with Gasteiger partial charge in [0, 0.05) is 13.2 Å². The van der Waals surface area contributed by atoms with Gasteiger partial charge in [0.25, 0.3) is 0 Å². The Labute approximate surface area is 112 Å². The molecule has 0 saturated heterocycles. The summed E-state index contributed by atoms with van der Waals surface area (Å²) in [5.74, 6) is -0.117. The minimum absolute atomic E-state index is 0.0581. The van der Waals surface area contributed by atoms with Crippen molar-refractivity contribution in [3.8, 4) is 0 Å². The Kier molecular flexibility index (Phi) is 5.21. The normalized spacial score (nSPS) is 14.0. The van der Waals surface area contributed by atoms with E-state index >= 15 is 0 Å². The fourth-order valence-corrected chi connectivity index (χ4v) is 4.45. The molecule has 0 fully saturated rings. The van der Waals surface area contributed by atoms with Gasteiger partial charge in [-0.15, -0.1) is 11.3 Å². The SMILES string of the molecule is CC(CO)CNS(=O)(=O)c1cc(Cl)c(Br)s1. The first kappa shape index (κ1) is 14.4. The van der Waals surface area contributed by atoms with E-state index in [1.807, 2.05) is 0 Å². The molecule has 1 aromatic rings. The number of rotatable bonds is 5. The molecular weight excluding hydrogens is 338 g/mol. The van der Waals surface area contributed by atoms with E-state index in [9.17, 15) is 8.42 Å². The van der Waals surface area contributed by atoms with Crippen molar-refractivity contribution in [3.05, 3.63) is 14.9 Å². The third-order valence-electron chi connectivity index (χ3n) is 1.82. The predicted octanol–water partition coefficient (Wildman–Crippen LogP) is 2.07. The molecule has 1 unspecified atom stereocenters. The van der Waals surface area contributed by atoms with Crippen LogP contribution >= 0.6 is 38.9 Å². The third kappa shape index (κ3) is 3.68. The second-order valence-electron chi connectivity index (χ2n) is 3.33. The summed E-state index contributed by atoms with van der Waals surface area (Å²) in [6.07, 6.45) is 0. The fraction of sp³-hybridized carbons (Fsp3) is 0.500. The maximum atomic E-state index is 11.8. The van der Waals surface area contributed by atoms with Crippen molar-refractivity contribution in [3.63, 3.8) is 0 Å². The van der Waals surface area contributed by atoms with Gasteiger partial charge in [0.15, 0.2) is 0 Å². The molecule has 8 heteroatoms. The lowest BCUT2D eigenvalue weighted by atomic mass is 10.2. The molecule has 0 saturated carbocycles. The molecule has 0 aliphatic heterocycles. The molecule has 1 rings (SSSR count). The number of aliphatic hydroxyl groups is 1. The van der Waals surface area contributed by atoms with Crippen LogP contribution in [0.3, 0.4) is 0 Å². The van der Waals surface area contributed by atoms with Crippen molar-refractivity contribution >= 4 is 48.9 Å². The predicted molar refractivity (Wildman–Crippen MR) is 68.5 cm³/mol. The van der Waals surface area contributed by atoms with Gasteiger partial charge in [-0.2, -0.15) is 0 Å². The number of aliphatic hydroxyl groups excluding tert-OH is 1. The van der Waals surface area contributed by atoms with E-state index in [4.69, 9.17) is 16.7 Å². The van der Waals surface area contributed by atoms with Crippen LogP contribution in [0.4, 0.5) is 0 Å². The van der Waals surface area contributed by atoms with E-state index in [0.717, 1.165) is 11.3 Å². The Morgan fingerprint density at radius 3 is 2.75 bits per heavy atom. The molecule has 16 heavy (non-hydrogen) atoms. The van der Waals surface area contributed by atoms with Crippen LogP contribution < -0.4 is 4.72 Å². The van der Waals surface area contributed by atoms with E-state index in [1.165, 1.54) is 6.07 Å². The Morgan fingerprint density at radius 2 is 2.31 bits per heavy atom. The highest BCUT2D eigenvalue weighted by molar-refractivity contribution is 9.11. The summed E-state index contributed by atoms with van der Waals surface area (Å²) in [6, 6.07) is 1.39. The van der Waals surface area contributed by atoms with Gasteiger partial charge in [-0.3, -0.25) is 0 Å². The molecule has 0 radical (unpaired) electrons. The second-order valence-corrected chi connectivity index (χ2v) is 8.10. The molecule has 0 spiro atoms. The maximum absolute atomic E-state index is 11.8. The lowest BCUT2D eigenvalue weighted by Crippen LogP contribution is -2.29. The molecule has 92 valence electrons. The summed E-state index contributed by atoms with van der Waals surface area (Å²) in [7, 11) is -3.52. The summed E-state index contributed by atoms with van der Waals surface area (Å²) in [4.78, 5) is 0.